The molecule has 9 heteroatoms. The average Bonchev–Trinajstić information content (AvgIpc) is 3.20. The van der Waals surface area contributed by atoms with E-state index in [1.807, 2.05) is 26.0 Å². The summed E-state index contributed by atoms with van der Waals surface area (Å²) >= 11 is 5.17. The monoisotopic (exact) mass is 443 g/mol. The normalized spacial score (nSPS) is 11.0. The van der Waals surface area contributed by atoms with Crippen LogP contribution in [0.1, 0.15) is 27.2 Å². The molecule has 0 atom stereocenters. The number of rotatable bonds is 5. The van der Waals surface area contributed by atoms with Gasteiger partial charge in [-0.1, -0.05) is 23.8 Å². The summed E-state index contributed by atoms with van der Waals surface area (Å²) in [6.45, 7) is 5.58. The maximum Gasteiger partial charge on any atom is 0.293 e. The van der Waals surface area contributed by atoms with Gasteiger partial charge in [0.2, 0.25) is 0 Å². The number of amides is 1. The third-order valence-electron chi connectivity index (χ3n) is 4.37. The zero-order valence-electron chi connectivity index (χ0n) is 16.6. The summed E-state index contributed by atoms with van der Waals surface area (Å²) in [5, 5.41) is 5.38. The largest absolute Gasteiger partial charge is 0.459 e. The van der Waals surface area contributed by atoms with Crippen LogP contribution in [-0.2, 0) is 10.0 Å². The third kappa shape index (κ3) is 5.05. The Bertz CT molecular complexity index is 1200. The highest BCUT2D eigenvalue weighted by Crippen LogP contribution is 2.24. The van der Waals surface area contributed by atoms with Gasteiger partial charge in [-0.3, -0.25) is 14.8 Å². The van der Waals surface area contributed by atoms with Gasteiger partial charge in [-0.25, -0.2) is 8.42 Å². The fourth-order valence-electron chi connectivity index (χ4n) is 2.76. The molecular formula is C21H21N3O4S2. The van der Waals surface area contributed by atoms with Crippen molar-refractivity contribution >= 4 is 44.6 Å². The number of thiocarbonyl (C=S) groups is 1. The second-order valence-electron chi connectivity index (χ2n) is 6.79. The summed E-state index contributed by atoms with van der Waals surface area (Å²) in [7, 11) is -3.82. The van der Waals surface area contributed by atoms with E-state index in [1.165, 1.54) is 24.5 Å². The topological polar surface area (TPSA) is 100 Å². The van der Waals surface area contributed by atoms with Crippen LogP contribution in [0, 0.1) is 20.8 Å². The third-order valence-corrected chi connectivity index (χ3v) is 5.93. The van der Waals surface area contributed by atoms with Gasteiger partial charge in [-0.2, -0.15) is 0 Å². The molecule has 0 radical (unpaired) electrons. The first-order chi connectivity index (χ1) is 14.2. The molecule has 0 fully saturated rings. The zero-order chi connectivity index (χ0) is 21.9. The van der Waals surface area contributed by atoms with Crippen LogP contribution in [0.15, 0.2) is 64.1 Å². The standard InChI is InChI=1S/C21H21N3O4S2/c1-13-6-9-17(15(3)11-13)24-30(26,27)16-8-7-14(2)18(12-16)22-21(29)23-20(25)19-5-4-10-28-19/h4-12,24H,1-3H3,(H2,22,23,25,29). The minimum Gasteiger partial charge on any atom is -0.459 e. The molecule has 0 unspecified atom stereocenters. The number of benzene rings is 2. The lowest BCUT2D eigenvalue weighted by molar-refractivity contribution is 0.0950. The molecule has 0 saturated carbocycles. The summed E-state index contributed by atoms with van der Waals surface area (Å²) in [5.74, 6) is -0.389. The molecule has 3 rings (SSSR count). The van der Waals surface area contributed by atoms with E-state index >= 15 is 0 Å². The number of nitrogens with one attached hydrogen (secondary N) is 3. The lowest BCUT2D eigenvalue weighted by Crippen LogP contribution is -2.34. The van der Waals surface area contributed by atoms with E-state index in [-0.39, 0.29) is 15.8 Å². The van der Waals surface area contributed by atoms with Crippen molar-refractivity contribution in [2.75, 3.05) is 10.0 Å². The quantitative estimate of drug-likeness (QED) is 0.513. The van der Waals surface area contributed by atoms with E-state index < -0.39 is 15.9 Å². The summed E-state index contributed by atoms with van der Waals surface area (Å²) in [5.41, 5.74) is 3.60. The number of furan rings is 1. The minimum absolute atomic E-state index is 0.0244. The van der Waals surface area contributed by atoms with Crippen LogP contribution in [0.2, 0.25) is 0 Å². The van der Waals surface area contributed by atoms with Gasteiger partial charge in [0.25, 0.3) is 15.9 Å². The first-order valence-corrected chi connectivity index (χ1v) is 10.9. The number of sulfonamides is 1. The molecular weight excluding hydrogens is 422 g/mol. The smallest absolute Gasteiger partial charge is 0.293 e. The Kier molecular flexibility index (Phi) is 6.23. The molecule has 1 amide bonds. The molecule has 1 aromatic heterocycles. The fourth-order valence-corrected chi connectivity index (χ4v) is 4.12. The zero-order valence-corrected chi connectivity index (χ0v) is 18.3. The molecule has 2 aromatic carbocycles. The van der Waals surface area contributed by atoms with Crippen molar-refractivity contribution in [3.8, 4) is 0 Å². The predicted molar refractivity (Wildman–Crippen MR) is 120 cm³/mol. The van der Waals surface area contributed by atoms with Gasteiger partial charge < -0.3 is 9.73 Å². The molecule has 0 aliphatic rings. The summed E-state index contributed by atoms with van der Waals surface area (Å²) in [6, 6.07) is 13.2. The van der Waals surface area contributed by atoms with Crippen molar-refractivity contribution in [2.45, 2.75) is 25.7 Å². The Hall–Kier alpha value is -3.17. The van der Waals surface area contributed by atoms with Crippen molar-refractivity contribution in [1.29, 1.82) is 0 Å². The highest BCUT2D eigenvalue weighted by Gasteiger charge is 2.18. The van der Waals surface area contributed by atoms with Gasteiger partial charge in [0.1, 0.15) is 0 Å². The fraction of sp³-hybridized carbons (Fsp3) is 0.143. The van der Waals surface area contributed by atoms with E-state index in [9.17, 15) is 13.2 Å². The van der Waals surface area contributed by atoms with E-state index in [0.29, 0.717) is 11.4 Å². The van der Waals surface area contributed by atoms with Crippen LogP contribution >= 0.6 is 12.2 Å². The van der Waals surface area contributed by atoms with E-state index in [1.54, 1.807) is 25.1 Å². The van der Waals surface area contributed by atoms with Crippen molar-refractivity contribution in [3.63, 3.8) is 0 Å². The maximum atomic E-state index is 12.9. The summed E-state index contributed by atoms with van der Waals surface area (Å²) in [6.07, 6.45) is 1.38. The first kappa shape index (κ1) is 21.5. The molecule has 3 aromatic rings. The highest BCUT2D eigenvalue weighted by atomic mass is 32.2. The van der Waals surface area contributed by atoms with Crippen LogP contribution in [0.5, 0.6) is 0 Å². The second-order valence-corrected chi connectivity index (χ2v) is 8.88. The van der Waals surface area contributed by atoms with Gasteiger partial charge in [-0.15, -0.1) is 0 Å². The highest BCUT2D eigenvalue weighted by molar-refractivity contribution is 7.92. The van der Waals surface area contributed by atoms with Crippen molar-refractivity contribution in [2.24, 2.45) is 0 Å². The van der Waals surface area contributed by atoms with Crippen LogP contribution in [0.3, 0.4) is 0 Å². The second kappa shape index (κ2) is 8.68. The van der Waals surface area contributed by atoms with Crippen LogP contribution < -0.4 is 15.4 Å². The Morgan fingerprint density at radius 2 is 1.73 bits per heavy atom. The lowest BCUT2D eigenvalue weighted by Gasteiger charge is -2.15. The molecule has 3 N–H and O–H groups in total. The van der Waals surface area contributed by atoms with Crippen LogP contribution in [0.4, 0.5) is 11.4 Å². The van der Waals surface area contributed by atoms with Crippen LogP contribution in [0.25, 0.3) is 0 Å². The summed E-state index contributed by atoms with van der Waals surface area (Å²) < 4.78 is 33.4. The predicted octanol–water partition coefficient (Wildman–Crippen LogP) is 4.13. The van der Waals surface area contributed by atoms with Gasteiger partial charge in [-0.05, 0) is 74.4 Å². The number of hydrogen-bond acceptors (Lipinski definition) is 5. The summed E-state index contributed by atoms with van der Waals surface area (Å²) in [4.78, 5) is 12.1. The van der Waals surface area contributed by atoms with Gasteiger partial charge in [0, 0.05) is 5.69 Å². The van der Waals surface area contributed by atoms with Crippen LogP contribution in [-0.4, -0.2) is 19.4 Å². The number of carbonyl (C=O) groups excluding carboxylic acids is 1. The van der Waals surface area contributed by atoms with E-state index in [0.717, 1.165) is 16.7 Å². The SMILES string of the molecule is Cc1ccc(NS(=O)(=O)c2ccc(C)c(NC(=S)NC(=O)c3ccco3)c2)c(C)c1. The molecule has 0 aliphatic carbocycles. The van der Waals surface area contributed by atoms with Crippen molar-refractivity contribution in [1.82, 2.24) is 5.32 Å². The molecule has 7 nitrogen and oxygen atoms in total. The van der Waals surface area contributed by atoms with Crippen molar-refractivity contribution < 1.29 is 17.6 Å². The Morgan fingerprint density at radius 1 is 0.967 bits per heavy atom. The minimum atomic E-state index is -3.82. The molecule has 30 heavy (non-hydrogen) atoms. The maximum absolute atomic E-state index is 12.9. The molecule has 1 heterocycles. The number of carbonyl (C=O) groups is 1. The number of anilines is 2. The lowest BCUT2D eigenvalue weighted by atomic mass is 10.1. The number of aryl methyl sites for hydroxylation is 3. The number of hydrogen-bond donors (Lipinski definition) is 3. The molecule has 0 saturated heterocycles. The van der Waals surface area contributed by atoms with Gasteiger partial charge in [0.05, 0.1) is 16.8 Å². The van der Waals surface area contributed by atoms with Gasteiger partial charge >= 0.3 is 0 Å². The van der Waals surface area contributed by atoms with E-state index in [2.05, 4.69) is 15.4 Å². The van der Waals surface area contributed by atoms with Gasteiger partial charge in [0.15, 0.2) is 10.9 Å². The molecule has 0 bridgehead atoms. The average molecular weight is 444 g/mol. The molecule has 156 valence electrons. The van der Waals surface area contributed by atoms with E-state index in [4.69, 9.17) is 16.6 Å². The molecule has 0 spiro atoms. The Labute approximate surface area is 180 Å². The Balaban J connectivity index is 1.78. The first-order valence-electron chi connectivity index (χ1n) is 9.02. The Morgan fingerprint density at radius 3 is 2.40 bits per heavy atom. The van der Waals surface area contributed by atoms with Crippen molar-refractivity contribution in [3.05, 3.63) is 77.2 Å². The molecule has 0 aliphatic heterocycles.